The van der Waals surface area contributed by atoms with Gasteiger partial charge in [0.25, 0.3) is 0 Å². The molecule has 0 spiro atoms. The maximum atomic E-state index is 5.48. The number of ether oxygens (including phenoxy) is 1. The summed E-state index contributed by atoms with van der Waals surface area (Å²) in [4.78, 5) is 4.18. The average molecular weight is 234 g/mol. The Bertz CT molecular complexity index is 494. The average Bonchev–Trinajstić information content (AvgIpc) is 2.74. The topological polar surface area (TPSA) is 51.5 Å². The molecule has 0 aliphatic carbocycles. The van der Waals surface area contributed by atoms with Crippen LogP contribution in [0.3, 0.4) is 0 Å². The third-order valence-corrected chi connectivity index (χ3v) is 2.55. The molecule has 5 heteroatoms. The molecule has 0 radical (unpaired) electrons. The van der Waals surface area contributed by atoms with Crippen LogP contribution in [0.25, 0.3) is 5.65 Å². The fraction of sp³-hybridized carbons (Fsp3) is 0.500. The van der Waals surface area contributed by atoms with Crippen LogP contribution in [-0.4, -0.2) is 33.9 Å². The fourth-order valence-corrected chi connectivity index (χ4v) is 1.77. The highest BCUT2D eigenvalue weighted by molar-refractivity contribution is 5.51. The summed E-state index contributed by atoms with van der Waals surface area (Å²) in [6.07, 6.45) is 1.74. The molecule has 0 saturated carbocycles. The van der Waals surface area contributed by atoms with Crippen LogP contribution in [0.1, 0.15) is 19.4 Å². The van der Waals surface area contributed by atoms with Gasteiger partial charge in [-0.1, -0.05) is 0 Å². The maximum Gasteiger partial charge on any atom is 0.157 e. The van der Waals surface area contributed by atoms with Gasteiger partial charge in [-0.25, -0.2) is 4.98 Å². The van der Waals surface area contributed by atoms with Crippen molar-refractivity contribution in [3.8, 4) is 0 Å². The van der Waals surface area contributed by atoms with Crippen molar-refractivity contribution in [2.75, 3.05) is 18.5 Å². The van der Waals surface area contributed by atoms with Gasteiger partial charge in [-0.15, -0.1) is 0 Å². The Morgan fingerprint density at radius 3 is 3.06 bits per heavy atom. The van der Waals surface area contributed by atoms with Gasteiger partial charge in [0, 0.05) is 13.2 Å². The van der Waals surface area contributed by atoms with Gasteiger partial charge >= 0.3 is 0 Å². The van der Waals surface area contributed by atoms with Crippen LogP contribution in [0.15, 0.2) is 18.5 Å². The van der Waals surface area contributed by atoms with E-state index in [1.165, 1.54) is 0 Å². The molecule has 2 aromatic heterocycles. The van der Waals surface area contributed by atoms with E-state index in [0.29, 0.717) is 0 Å². The molecule has 0 aromatic carbocycles. The minimum atomic E-state index is 0.180. The van der Waals surface area contributed by atoms with E-state index in [2.05, 4.69) is 21.5 Å². The molecular formula is C12H18N4O. The molecule has 0 aliphatic heterocycles. The van der Waals surface area contributed by atoms with Crippen LogP contribution < -0.4 is 5.32 Å². The molecule has 0 fully saturated rings. The number of pyridine rings is 1. The third-order valence-electron chi connectivity index (χ3n) is 2.55. The lowest BCUT2D eigenvalue weighted by molar-refractivity contribution is 0.0854. The molecule has 5 nitrogen and oxygen atoms in total. The normalized spacial score (nSPS) is 12.9. The molecule has 2 heterocycles. The first-order valence-electron chi connectivity index (χ1n) is 5.86. The lowest BCUT2D eigenvalue weighted by Crippen LogP contribution is -2.21. The number of hydrogen-bond donors (Lipinski definition) is 1. The highest BCUT2D eigenvalue weighted by Crippen LogP contribution is 2.13. The van der Waals surface area contributed by atoms with Crippen molar-refractivity contribution in [3.63, 3.8) is 0 Å². The van der Waals surface area contributed by atoms with Crippen LogP contribution in [0, 0.1) is 6.92 Å². The van der Waals surface area contributed by atoms with E-state index < -0.39 is 0 Å². The minimum Gasteiger partial charge on any atom is -0.377 e. The van der Waals surface area contributed by atoms with E-state index in [1.807, 2.05) is 26.8 Å². The highest BCUT2D eigenvalue weighted by Gasteiger charge is 2.05. The van der Waals surface area contributed by atoms with Crippen LogP contribution in [0.2, 0.25) is 0 Å². The van der Waals surface area contributed by atoms with E-state index >= 15 is 0 Å². The van der Waals surface area contributed by atoms with Crippen LogP contribution in [-0.2, 0) is 4.74 Å². The molecule has 0 aliphatic rings. The van der Waals surface area contributed by atoms with Gasteiger partial charge in [0.2, 0.25) is 0 Å². The van der Waals surface area contributed by atoms with Crippen LogP contribution in [0.4, 0.5) is 5.82 Å². The van der Waals surface area contributed by atoms with E-state index in [-0.39, 0.29) is 6.10 Å². The minimum absolute atomic E-state index is 0.180. The van der Waals surface area contributed by atoms with Crippen molar-refractivity contribution in [2.45, 2.75) is 26.9 Å². The molecule has 92 valence electrons. The Hall–Kier alpha value is -1.62. The molecule has 1 unspecified atom stereocenters. The van der Waals surface area contributed by atoms with Crippen molar-refractivity contribution in [3.05, 3.63) is 24.0 Å². The predicted molar refractivity (Wildman–Crippen MR) is 67.3 cm³/mol. The molecule has 0 bridgehead atoms. The summed E-state index contributed by atoms with van der Waals surface area (Å²) in [6, 6.07) is 4.06. The van der Waals surface area contributed by atoms with Gasteiger partial charge in [0.15, 0.2) is 5.65 Å². The summed E-state index contributed by atoms with van der Waals surface area (Å²) in [5.41, 5.74) is 2.02. The quantitative estimate of drug-likeness (QED) is 0.858. The Labute approximate surface area is 101 Å². The number of nitrogens with zero attached hydrogens (tertiary/aromatic N) is 3. The largest absolute Gasteiger partial charge is 0.377 e. The number of fused-ring (bicyclic) bond motifs is 1. The number of aromatic nitrogens is 3. The highest BCUT2D eigenvalue weighted by atomic mass is 16.5. The molecule has 0 amide bonds. The van der Waals surface area contributed by atoms with Gasteiger partial charge in [-0.05, 0) is 38.5 Å². The first kappa shape index (κ1) is 11.9. The molecule has 1 atom stereocenters. The summed E-state index contributed by atoms with van der Waals surface area (Å²) in [5.74, 6) is 0.948. The molecule has 17 heavy (non-hydrogen) atoms. The van der Waals surface area contributed by atoms with Gasteiger partial charge in [0.1, 0.15) is 12.1 Å². The number of aryl methyl sites for hydroxylation is 1. The number of anilines is 1. The van der Waals surface area contributed by atoms with Crippen molar-refractivity contribution >= 4 is 11.5 Å². The van der Waals surface area contributed by atoms with E-state index in [0.717, 1.165) is 30.2 Å². The zero-order chi connectivity index (χ0) is 12.3. The van der Waals surface area contributed by atoms with Crippen LogP contribution >= 0.6 is 0 Å². The summed E-state index contributed by atoms with van der Waals surface area (Å²) >= 11 is 0. The Morgan fingerprint density at radius 1 is 1.47 bits per heavy atom. The van der Waals surface area contributed by atoms with Gasteiger partial charge < -0.3 is 10.1 Å². The number of rotatable bonds is 5. The summed E-state index contributed by atoms with van der Waals surface area (Å²) in [5, 5.41) is 7.52. The second-order valence-electron chi connectivity index (χ2n) is 4.09. The van der Waals surface area contributed by atoms with Crippen molar-refractivity contribution in [1.82, 2.24) is 14.6 Å². The molecule has 2 aromatic rings. The molecule has 1 N–H and O–H groups in total. The fourth-order valence-electron chi connectivity index (χ4n) is 1.77. The van der Waals surface area contributed by atoms with Gasteiger partial charge in [0.05, 0.1) is 6.10 Å². The van der Waals surface area contributed by atoms with Gasteiger partial charge in [-0.3, -0.25) is 0 Å². The molecule has 2 rings (SSSR count). The second kappa shape index (κ2) is 5.14. The summed E-state index contributed by atoms with van der Waals surface area (Å²) < 4.78 is 7.28. The van der Waals surface area contributed by atoms with E-state index in [9.17, 15) is 0 Å². The SMILES string of the molecule is CCOC(C)CNc1cc(C)cc2ncnn12. The number of nitrogens with one attached hydrogen (secondary N) is 1. The van der Waals surface area contributed by atoms with Gasteiger partial charge in [-0.2, -0.15) is 9.61 Å². The Balaban J connectivity index is 2.14. The van der Waals surface area contributed by atoms with Crippen molar-refractivity contribution < 1.29 is 4.74 Å². The Morgan fingerprint density at radius 2 is 2.29 bits per heavy atom. The standard InChI is InChI=1S/C12H18N4O/c1-4-17-10(3)7-13-11-5-9(2)6-12-14-8-15-16(11)12/h5-6,8,10,13H,4,7H2,1-3H3. The monoisotopic (exact) mass is 234 g/mol. The first-order valence-corrected chi connectivity index (χ1v) is 5.86. The van der Waals surface area contributed by atoms with E-state index in [1.54, 1.807) is 10.8 Å². The van der Waals surface area contributed by atoms with Crippen molar-refractivity contribution in [1.29, 1.82) is 0 Å². The molecular weight excluding hydrogens is 216 g/mol. The zero-order valence-electron chi connectivity index (χ0n) is 10.5. The third kappa shape index (κ3) is 2.74. The molecule has 0 saturated heterocycles. The maximum absolute atomic E-state index is 5.48. The number of hydrogen-bond acceptors (Lipinski definition) is 4. The second-order valence-corrected chi connectivity index (χ2v) is 4.09. The Kier molecular flexibility index (Phi) is 3.58. The predicted octanol–water partition coefficient (Wildman–Crippen LogP) is 1.87. The lowest BCUT2D eigenvalue weighted by Gasteiger charge is -2.14. The van der Waals surface area contributed by atoms with Crippen molar-refractivity contribution in [2.24, 2.45) is 0 Å². The zero-order valence-corrected chi connectivity index (χ0v) is 10.5. The smallest absolute Gasteiger partial charge is 0.157 e. The van der Waals surface area contributed by atoms with E-state index in [4.69, 9.17) is 4.74 Å². The summed E-state index contributed by atoms with van der Waals surface area (Å²) in [7, 11) is 0. The van der Waals surface area contributed by atoms with Crippen LogP contribution in [0.5, 0.6) is 0 Å². The first-order chi connectivity index (χ1) is 8.20. The lowest BCUT2D eigenvalue weighted by atomic mass is 10.3. The summed E-state index contributed by atoms with van der Waals surface area (Å²) in [6.45, 7) is 7.58.